The van der Waals surface area contributed by atoms with E-state index in [2.05, 4.69) is 22.4 Å². The lowest BCUT2D eigenvalue weighted by atomic mass is 10.2. The van der Waals surface area contributed by atoms with Crippen molar-refractivity contribution in [2.75, 3.05) is 33.3 Å². The fourth-order valence-corrected chi connectivity index (χ4v) is 2.18. The van der Waals surface area contributed by atoms with Crippen LogP contribution in [-0.4, -0.2) is 38.2 Å². The van der Waals surface area contributed by atoms with E-state index in [1.165, 1.54) is 13.2 Å². The van der Waals surface area contributed by atoms with Crippen molar-refractivity contribution in [3.63, 3.8) is 0 Å². The summed E-state index contributed by atoms with van der Waals surface area (Å²) in [5.74, 6) is -0.00757. The van der Waals surface area contributed by atoms with Crippen molar-refractivity contribution in [1.29, 1.82) is 0 Å². The minimum absolute atomic E-state index is 0.295. The van der Waals surface area contributed by atoms with Gasteiger partial charge < -0.3 is 10.1 Å². The van der Waals surface area contributed by atoms with E-state index in [1.54, 1.807) is 6.07 Å². The molecule has 1 aliphatic rings. The van der Waals surface area contributed by atoms with Gasteiger partial charge in [0.2, 0.25) is 0 Å². The summed E-state index contributed by atoms with van der Waals surface area (Å²) in [6, 6.07) is 5.08. The van der Waals surface area contributed by atoms with Crippen LogP contribution in [0.15, 0.2) is 30.4 Å². The molecule has 1 N–H and O–H groups in total. The van der Waals surface area contributed by atoms with Gasteiger partial charge in [0.05, 0.1) is 7.11 Å². The van der Waals surface area contributed by atoms with Crippen LogP contribution in [0.5, 0.6) is 5.75 Å². The second kappa shape index (κ2) is 7.26. The van der Waals surface area contributed by atoms with Crippen molar-refractivity contribution < 1.29 is 9.13 Å². The highest BCUT2D eigenvalue weighted by Crippen LogP contribution is 2.17. The SMILES string of the molecule is COc1ccc(CNCCN2CC=CCC2)cc1F. The van der Waals surface area contributed by atoms with Crippen molar-refractivity contribution >= 4 is 0 Å². The molecule has 4 heteroatoms. The van der Waals surface area contributed by atoms with Crippen LogP contribution < -0.4 is 10.1 Å². The molecule has 0 radical (unpaired) electrons. The van der Waals surface area contributed by atoms with Crippen molar-refractivity contribution in [1.82, 2.24) is 10.2 Å². The largest absolute Gasteiger partial charge is 0.494 e. The molecule has 1 aromatic carbocycles. The van der Waals surface area contributed by atoms with Gasteiger partial charge in [-0.15, -0.1) is 0 Å². The molecule has 19 heavy (non-hydrogen) atoms. The average molecular weight is 264 g/mol. The van der Waals surface area contributed by atoms with Gasteiger partial charge in [0.15, 0.2) is 11.6 Å². The Balaban J connectivity index is 1.70. The minimum atomic E-state index is -0.303. The summed E-state index contributed by atoms with van der Waals surface area (Å²) in [5, 5.41) is 3.34. The molecule has 0 saturated heterocycles. The molecule has 0 unspecified atom stereocenters. The molecular weight excluding hydrogens is 243 g/mol. The Kier molecular flexibility index (Phi) is 5.36. The summed E-state index contributed by atoms with van der Waals surface area (Å²) in [4.78, 5) is 2.40. The smallest absolute Gasteiger partial charge is 0.165 e. The zero-order valence-electron chi connectivity index (χ0n) is 11.4. The molecule has 0 fully saturated rings. The second-order valence-electron chi connectivity index (χ2n) is 4.71. The second-order valence-corrected chi connectivity index (χ2v) is 4.71. The molecule has 0 spiro atoms. The van der Waals surface area contributed by atoms with E-state index in [0.29, 0.717) is 12.3 Å². The van der Waals surface area contributed by atoms with Gasteiger partial charge in [0.25, 0.3) is 0 Å². The third kappa shape index (κ3) is 4.33. The molecule has 1 aliphatic heterocycles. The average Bonchev–Trinajstić information content (AvgIpc) is 2.45. The maximum absolute atomic E-state index is 13.5. The minimum Gasteiger partial charge on any atom is -0.494 e. The van der Waals surface area contributed by atoms with E-state index in [-0.39, 0.29) is 5.82 Å². The van der Waals surface area contributed by atoms with E-state index in [4.69, 9.17) is 4.74 Å². The third-order valence-corrected chi connectivity index (χ3v) is 3.29. The molecule has 0 bridgehead atoms. The van der Waals surface area contributed by atoms with Gasteiger partial charge in [-0.1, -0.05) is 18.2 Å². The van der Waals surface area contributed by atoms with Gasteiger partial charge in [-0.2, -0.15) is 0 Å². The number of nitrogens with one attached hydrogen (secondary N) is 1. The molecular formula is C15H21FN2O. The van der Waals surface area contributed by atoms with Crippen LogP contribution in [0.1, 0.15) is 12.0 Å². The summed E-state index contributed by atoms with van der Waals surface area (Å²) >= 11 is 0. The summed E-state index contributed by atoms with van der Waals surface area (Å²) in [5.41, 5.74) is 0.942. The highest BCUT2D eigenvalue weighted by Gasteiger charge is 2.05. The van der Waals surface area contributed by atoms with Gasteiger partial charge >= 0.3 is 0 Å². The molecule has 1 aromatic rings. The number of benzene rings is 1. The van der Waals surface area contributed by atoms with Crippen LogP contribution in [0.2, 0.25) is 0 Å². The fraction of sp³-hybridized carbons (Fsp3) is 0.467. The molecule has 3 nitrogen and oxygen atoms in total. The number of methoxy groups -OCH3 is 1. The summed E-state index contributed by atoms with van der Waals surface area (Å²) in [7, 11) is 1.48. The van der Waals surface area contributed by atoms with Gasteiger partial charge in [-0.05, 0) is 24.1 Å². The topological polar surface area (TPSA) is 24.5 Å². The van der Waals surface area contributed by atoms with Gasteiger partial charge in [-0.3, -0.25) is 4.90 Å². The van der Waals surface area contributed by atoms with Crippen LogP contribution in [0.4, 0.5) is 4.39 Å². The maximum atomic E-state index is 13.5. The van der Waals surface area contributed by atoms with Crippen LogP contribution in [0.25, 0.3) is 0 Å². The number of hydrogen-bond acceptors (Lipinski definition) is 3. The first-order chi connectivity index (χ1) is 9.29. The number of nitrogens with zero attached hydrogens (tertiary/aromatic N) is 1. The molecule has 0 atom stereocenters. The molecule has 0 aliphatic carbocycles. The predicted octanol–water partition coefficient (Wildman–Crippen LogP) is 2.19. The number of halogens is 1. The van der Waals surface area contributed by atoms with Crippen molar-refractivity contribution in [2.24, 2.45) is 0 Å². The highest BCUT2D eigenvalue weighted by molar-refractivity contribution is 5.29. The van der Waals surface area contributed by atoms with Crippen molar-refractivity contribution in [3.8, 4) is 5.75 Å². The van der Waals surface area contributed by atoms with Gasteiger partial charge in [0, 0.05) is 32.7 Å². The lowest BCUT2D eigenvalue weighted by Crippen LogP contribution is -2.34. The summed E-state index contributed by atoms with van der Waals surface area (Å²) in [6.07, 6.45) is 5.58. The Morgan fingerprint density at radius 1 is 1.37 bits per heavy atom. The molecule has 2 rings (SSSR count). The first-order valence-electron chi connectivity index (χ1n) is 6.70. The zero-order chi connectivity index (χ0) is 13.5. The summed E-state index contributed by atoms with van der Waals surface area (Å²) < 4.78 is 18.4. The normalized spacial score (nSPS) is 15.7. The molecule has 0 saturated carbocycles. The Bertz CT molecular complexity index is 434. The van der Waals surface area contributed by atoms with E-state index < -0.39 is 0 Å². The quantitative estimate of drug-likeness (QED) is 0.629. The number of rotatable bonds is 6. The van der Waals surface area contributed by atoms with Crippen LogP contribution in [0, 0.1) is 5.82 Å². The van der Waals surface area contributed by atoms with Gasteiger partial charge in [-0.25, -0.2) is 4.39 Å². The fourth-order valence-electron chi connectivity index (χ4n) is 2.18. The first kappa shape index (κ1) is 14.0. The van der Waals surface area contributed by atoms with Gasteiger partial charge in [0.1, 0.15) is 0 Å². The molecule has 104 valence electrons. The Morgan fingerprint density at radius 2 is 2.26 bits per heavy atom. The third-order valence-electron chi connectivity index (χ3n) is 3.29. The predicted molar refractivity (Wildman–Crippen MR) is 74.9 cm³/mol. The van der Waals surface area contributed by atoms with Crippen LogP contribution in [0.3, 0.4) is 0 Å². The Morgan fingerprint density at radius 3 is 2.95 bits per heavy atom. The standard InChI is InChI=1S/C15H21FN2O/c1-19-15-6-5-13(11-14(15)16)12-17-7-10-18-8-3-2-4-9-18/h2-3,5-6,11,17H,4,7-10,12H2,1H3. The van der Waals surface area contributed by atoms with Crippen molar-refractivity contribution in [2.45, 2.75) is 13.0 Å². The Labute approximate surface area is 114 Å². The zero-order valence-corrected chi connectivity index (χ0v) is 11.4. The van der Waals surface area contributed by atoms with Crippen LogP contribution in [-0.2, 0) is 6.54 Å². The maximum Gasteiger partial charge on any atom is 0.165 e. The monoisotopic (exact) mass is 264 g/mol. The van der Waals surface area contributed by atoms with Crippen LogP contribution >= 0.6 is 0 Å². The lowest BCUT2D eigenvalue weighted by Gasteiger charge is -2.22. The molecule has 0 amide bonds. The molecule has 0 aromatic heterocycles. The van der Waals surface area contributed by atoms with E-state index >= 15 is 0 Å². The Hall–Kier alpha value is -1.39. The van der Waals surface area contributed by atoms with E-state index in [1.807, 2.05) is 6.07 Å². The number of ether oxygens (including phenoxy) is 1. The highest BCUT2D eigenvalue weighted by atomic mass is 19.1. The first-order valence-corrected chi connectivity index (χ1v) is 6.70. The van der Waals surface area contributed by atoms with E-state index in [9.17, 15) is 4.39 Å². The molecule has 1 heterocycles. The van der Waals surface area contributed by atoms with Crippen molar-refractivity contribution in [3.05, 3.63) is 41.7 Å². The number of hydrogen-bond donors (Lipinski definition) is 1. The lowest BCUT2D eigenvalue weighted by molar-refractivity contribution is 0.297. The van der Waals surface area contributed by atoms with E-state index in [0.717, 1.165) is 38.2 Å². The summed E-state index contributed by atoms with van der Waals surface area (Å²) in [6.45, 7) is 4.81.